The van der Waals surface area contributed by atoms with Crippen LogP contribution < -0.4 is 14.8 Å². The summed E-state index contributed by atoms with van der Waals surface area (Å²) in [4.78, 5) is 26.1. The quantitative estimate of drug-likeness (QED) is 0.739. The molecule has 6 nitrogen and oxygen atoms in total. The minimum Gasteiger partial charge on any atom is -0.459 e. The summed E-state index contributed by atoms with van der Waals surface area (Å²) in [6.45, 7) is 5.75. The van der Waals surface area contributed by atoms with Crippen molar-refractivity contribution in [1.29, 1.82) is 0 Å². The van der Waals surface area contributed by atoms with E-state index in [0.29, 0.717) is 52.6 Å². The van der Waals surface area contributed by atoms with E-state index >= 15 is 0 Å². The van der Waals surface area contributed by atoms with Crippen molar-refractivity contribution in [2.24, 2.45) is 5.92 Å². The summed E-state index contributed by atoms with van der Waals surface area (Å²) < 4.78 is 16.6. The number of carbonyl (C=O) groups excluding carboxylic acids is 2. The number of carbonyl (C=O) groups is 2. The lowest BCUT2D eigenvalue weighted by atomic mass is 9.71. The van der Waals surface area contributed by atoms with Gasteiger partial charge in [0.15, 0.2) is 11.5 Å². The zero-order valence-corrected chi connectivity index (χ0v) is 17.5. The zero-order chi connectivity index (χ0) is 20.7. The number of halogens is 1. The molecule has 1 aliphatic carbocycles. The molecule has 1 aromatic carbocycles. The summed E-state index contributed by atoms with van der Waals surface area (Å²) in [7, 11) is 0. The summed E-state index contributed by atoms with van der Waals surface area (Å²) in [6.07, 6.45) is 3.62. The van der Waals surface area contributed by atoms with Gasteiger partial charge in [-0.1, -0.05) is 24.6 Å². The molecule has 0 radical (unpaired) electrons. The molecule has 0 spiro atoms. The number of ether oxygens (including phenoxy) is 3. The molecule has 2 heterocycles. The Bertz CT molecular complexity index is 935. The van der Waals surface area contributed by atoms with Crippen LogP contribution in [0.2, 0.25) is 5.02 Å². The molecular formula is C22H24ClNO5. The van der Waals surface area contributed by atoms with Crippen molar-refractivity contribution < 1.29 is 23.8 Å². The Hall–Kier alpha value is -2.47. The van der Waals surface area contributed by atoms with E-state index in [1.807, 2.05) is 26.8 Å². The third kappa shape index (κ3) is 3.50. The van der Waals surface area contributed by atoms with E-state index in [9.17, 15) is 9.59 Å². The van der Waals surface area contributed by atoms with Crippen molar-refractivity contribution in [3.63, 3.8) is 0 Å². The highest BCUT2D eigenvalue weighted by atomic mass is 35.5. The number of nitrogens with one attached hydrogen (secondary N) is 1. The van der Waals surface area contributed by atoms with E-state index in [-0.39, 0.29) is 18.7 Å². The molecule has 0 amide bonds. The number of allylic oxidation sites excluding steroid dienone is 3. The fraction of sp³-hybridized carbons (Fsp3) is 0.455. The molecule has 29 heavy (non-hydrogen) atoms. The van der Waals surface area contributed by atoms with Gasteiger partial charge in [-0.2, -0.15) is 0 Å². The van der Waals surface area contributed by atoms with Gasteiger partial charge in [-0.15, -0.1) is 0 Å². The first-order valence-corrected chi connectivity index (χ1v) is 10.3. The number of rotatable bonds is 4. The van der Waals surface area contributed by atoms with Crippen molar-refractivity contribution in [2.75, 3.05) is 6.79 Å². The largest absolute Gasteiger partial charge is 0.459 e. The van der Waals surface area contributed by atoms with E-state index in [0.717, 1.165) is 5.70 Å². The van der Waals surface area contributed by atoms with Crippen LogP contribution in [0.25, 0.3) is 0 Å². The maximum absolute atomic E-state index is 13.1. The highest BCUT2D eigenvalue weighted by molar-refractivity contribution is 6.31. The predicted molar refractivity (Wildman–Crippen MR) is 108 cm³/mol. The molecule has 0 saturated heterocycles. The standard InChI is InChI=1S/C22H24ClNO5/c1-4-11(2)29-22(26)19-12(3)24-15-6-5-7-16(25)21(15)20(19)13-8-17-18(9-14(13)23)28-10-27-17/h6,8-9,11,20-21,24H,4-5,7,10H2,1-3H3. The smallest absolute Gasteiger partial charge is 0.336 e. The summed E-state index contributed by atoms with van der Waals surface area (Å²) >= 11 is 6.61. The Kier molecular flexibility index (Phi) is 5.30. The van der Waals surface area contributed by atoms with Gasteiger partial charge in [0.25, 0.3) is 0 Å². The lowest BCUT2D eigenvalue weighted by molar-refractivity contribution is -0.144. The van der Waals surface area contributed by atoms with Crippen LogP contribution in [0.1, 0.15) is 51.5 Å². The second-order valence-corrected chi connectivity index (χ2v) is 8.04. The molecule has 0 bridgehead atoms. The minimum absolute atomic E-state index is 0.0788. The number of ketones is 1. The van der Waals surface area contributed by atoms with Crippen LogP contribution in [-0.2, 0) is 14.3 Å². The van der Waals surface area contributed by atoms with Gasteiger partial charge in [0, 0.05) is 34.8 Å². The normalized spacial score (nSPS) is 23.9. The van der Waals surface area contributed by atoms with Crippen LogP contribution >= 0.6 is 11.6 Å². The van der Waals surface area contributed by atoms with Crippen LogP contribution in [0.4, 0.5) is 0 Å². The highest BCUT2D eigenvalue weighted by Gasteiger charge is 2.44. The fourth-order valence-corrected chi connectivity index (χ4v) is 4.39. The Balaban J connectivity index is 1.86. The van der Waals surface area contributed by atoms with Crippen molar-refractivity contribution in [3.05, 3.63) is 45.8 Å². The second-order valence-electron chi connectivity index (χ2n) is 7.63. The second kappa shape index (κ2) is 7.75. The molecule has 4 rings (SSSR count). The Morgan fingerprint density at radius 3 is 2.76 bits per heavy atom. The molecule has 0 fully saturated rings. The molecule has 1 N–H and O–H groups in total. The van der Waals surface area contributed by atoms with Crippen LogP contribution in [0.5, 0.6) is 11.5 Å². The lowest BCUT2D eigenvalue weighted by Gasteiger charge is -2.38. The van der Waals surface area contributed by atoms with Crippen molar-refractivity contribution in [3.8, 4) is 11.5 Å². The number of hydrogen-bond acceptors (Lipinski definition) is 6. The van der Waals surface area contributed by atoms with Crippen LogP contribution in [0, 0.1) is 5.92 Å². The molecule has 154 valence electrons. The van der Waals surface area contributed by atoms with Crippen molar-refractivity contribution in [2.45, 2.75) is 52.1 Å². The average Bonchev–Trinajstić information content (AvgIpc) is 3.13. The number of esters is 1. The van der Waals surface area contributed by atoms with Gasteiger partial charge in [0.05, 0.1) is 17.6 Å². The van der Waals surface area contributed by atoms with Gasteiger partial charge in [0.2, 0.25) is 6.79 Å². The van der Waals surface area contributed by atoms with E-state index in [2.05, 4.69) is 5.32 Å². The predicted octanol–water partition coefficient (Wildman–Crippen LogP) is 4.23. The summed E-state index contributed by atoms with van der Waals surface area (Å²) in [5.41, 5.74) is 2.59. The highest BCUT2D eigenvalue weighted by Crippen LogP contribution is 2.48. The Labute approximate surface area is 174 Å². The molecule has 0 saturated carbocycles. The molecule has 3 aliphatic rings. The van der Waals surface area contributed by atoms with Crippen LogP contribution in [0.15, 0.2) is 35.2 Å². The van der Waals surface area contributed by atoms with E-state index in [1.54, 1.807) is 12.1 Å². The van der Waals surface area contributed by atoms with Crippen LogP contribution in [0.3, 0.4) is 0 Å². The van der Waals surface area contributed by atoms with Gasteiger partial charge in [0.1, 0.15) is 5.78 Å². The number of fused-ring (bicyclic) bond motifs is 2. The molecule has 3 atom stereocenters. The maximum Gasteiger partial charge on any atom is 0.336 e. The number of benzene rings is 1. The Morgan fingerprint density at radius 1 is 1.31 bits per heavy atom. The SMILES string of the molecule is CCC(C)OC(=O)C1=C(C)NC2=CCCC(=O)C2C1c1cc2c(cc1Cl)OCO2. The van der Waals surface area contributed by atoms with Gasteiger partial charge in [-0.25, -0.2) is 4.79 Å². The van der Waals surface area contributed by atoms with Crippen molar-refractivity contribution >= 4 is 23.4 Å². The van der Waals surface area contributed by atoms with Gasteiger partial charge in [-0.3, -0.25) is 4.79 Å². The molecule has 0 aromatic heterocycles. The van der Waals surface area contributed by atoms with Gasteiger partial charge in [-0.05, 0) is 38.3 Å². The average molecular weight is 418 g/mol. The van der Waals surface area contributed by atoms with Crippen molar-refractivity contribution in [1.82, 2.24) is 5.32 Å². The molecular weight excluding hydrogens is 394 g/mol. The first kappa shape index (κ1) is 19.8. The third-order valence-corrected chi connectivity index (χ3v) is 6.07. The number of Topliss-reactive ketones (excluding diaryl/α,β-unsaturated/α-hetero) is 1. The van der Waals surface area contributed by atoms with Crippen LogP contribution in [-0.4, -0.2) is 24.6 Å². The number of hydrogen-bond donors (Lipinski definition) is 1. The molecule has 7 heteroatoms. The van der Waals surface area contributed by atoms with Gasteiger partial charge >= 0.3 is 5.97 Å². The van der Waals surface area contributed by atoms with E-state index in [1.165, 1.54) is 0 Å². The first-order chi connectivity index (χ1) is 13.9. The minimum atomic E-state index is -0.547. The molecule has 3 unspecified atom stereocenters. The van der Waals surface area contributed by atoms with E-state index in [4.69, 9.17) is 25.8 Å². The summed E-state index contributed by atoms with van der Waals surface area (Å²) in [5, 5.41) is 3.69. The Morgan fingerprint density at radius 2 is 2.03 bits per heavy atom. The van der Waals surface area contributed by atoms with E-state index < -0.39 is 17.8 Å². The topological polar surface area (TPSA) is 73.9 Å². The molecule has 2 aliphatic heterocycles. The first-order valence-electron chi connectivity index (χ1n) is 9.91. The summed E-state index contributed by atoms with van der Waals surface area (Å²) in [6, 6.07) is 3.47. The monoisotopic (exact) mass is 417 g/mol. The lowest BCUT2D eigenvalue weighted by Crippen LogP contribution is -2.41. The summed E-state index contributed by atoms with van der Waals surface area (Å²) in [5.74, 6) is -0.291. The molecule has 1 aromatic rings. The fourth-order valence-electron chi connectivity index (χ4n) is 4.12. The third-order valence-electron chi connectivity index (χ3n) is 5.75. The zero-order valence-electron chi connectivity index (χ0n) is 16.7. The maximum atomic E-state index is 13.1. The van der Waals surface area contributed by atoms with Gasteiger partial charge < -0.3 is 19.5 Å².